The van der Waals surface area contributed by atoms with Crippen molar-refractivity contribution in [2.45, 2.75) is 40.0 Å². The number of hydrogen-bond donors (Lipinski definition) is 0. The minimum atomic E-state index is 0.508. The molecule has 0 aromatic rings. The average Bonchev–Trinajstić information content (AvgIpc) is 2.47. The first-order chi connectivity index (χ1) is 6.07. The van der Waals surface area contributed by atoms with Gasteiger partial charge in [0.15, 0.2) is 0 Å². The summed E-state index contributed by atoms with van der Waals surface area (Å²) in [5.74, 6) is 2.71. The topological polar surface area (TPSA) is 9.23 Å². The first-order valence-corrected chi connectivity index (χ1v) is 5.65. The molecule has 0 aromatic heterocycles. The van der Waals surface area contributed by atoms with E-state index in [4.69, 9.17) is 4.74 Å². The van der Waals surface area contributed by atoms with Gasteiger partial charge in [0.05, 0.1) is 0 Å². The minimum Gasteiger partial charge on any atom is -0.381 e. The molecular formula is C12H22O. The summed E-state index contributed by atoms with van der Waals surface area (Å²) in [7, 11) is 0. The Hall–Kier alpha value is -0.0400. The molecule has 1 saturated carbocycles. The van der Waals surface area contributed by atoms with E-state index in [1.807, 2.05) is 0 Å². The Labute approximate surface area is 81.9 Å². The van der Waals surface area contributed by atoms with E-state index in [1.165, 1.54) is 19.3 Å². The molecular weight excluding hydrogens is 160 g/mol. The Kier molecular flexibility index (Phi) is 2.39. The standard InChI is InChI=1S/C12H22O/c1-12(2,3)11-5-4-9-7-13-8-10(9)6-11/h9-11H,4-8H2,1-3H3/t9-,10-,11?/m0/s1. The van der Waals surface area contributed by atoms with Gasteiger partial charge >= 0.3 is 0 Å². The Morgan fingerprint density at radius 1 is 1.00 bits per heavy atom. The van der Waals surface area contributed by atoms with Crippen LogP contribution in [0.25, 0.3) is 0 Å². The highest BCUT2D eigenvalue weighted by Gasteiger charge is 2.38. The lowest BCUT2D eigenvalue weighted by atomic mass is 9.66. The van der Waals surface area contributed by atoms with Crippen LogP contribution in [0, 0.1) is 23.2 Å². The Bertz CT molecular complexity index is 180. The van der Waals surface area contributed by atoms with Crippen LogP contribution in [-0.4, -0.2) is 13.2 Å². The SMILES string of the molecule is CC(C)(C)C1CC[C@H]2COC[C@@H]2C1. The van der Waals surface area contributed by atoms with E-state index in [0.29, 0.717) is 5.41 Å². The van der Waals surface area contributed by atoms with E-state index < -0.39 is 0 Å². The van der Waals surface area contributed by atoms with Crippen LogP contribution in [0.1, 0.15) is 40.0 Å². The summed E-state index contributed by atoms with van der Waals surface area (Å²) in [5.41, 5.74) is 0.508. The molecule has 13 heavy (non-hydrogen) atoms. The first kappa shape index (κ1) is 9.51. The third kappa shape index (κ3) is 1.90. The average molecular weight is 182 g/mol. The third-order valence-electron chi connectivity index (χ3n) is 4.03. The predicted octanol–water partition coefficient (Wildman–Crippen LogP) is 3.10. The molecule has 1 heteroatoms. The second-order valence-corrected chi connectivity index (χ2v) is 5.93. The van der Waals surface area contributed by atoms with Gasteiger partial charge in [-0.2, -0.15) is 0 Å². The maximum atomic E-state index is 5.55. The highest BCUT2D eigenvalue weighted by atomic mass is 16.5. The van der Waals surface area contributed by atoms with E-state index in [9.17, 15) is 0 Å². The molecule has 0 bridgehead atoms. The van der Waals surface area contributed by atoms with E-state index >= 15 is 0 Å². The van der Waals surface area contributed by atoms with Crippen LogP contribution < -0.4 is 0 Å². The number of fused-ring (bicyclic) bond motifs is 1. The van der Waals surface area contributed by atoms with Crippen LogP contribution in [-0.2, 0) is 4.74 Å². The van der Waals surface area contributed by atoms with E-state index in [1.54, 1.807) is 0 Å². The zero-order chi connectivity index (χ0) is 9.47. The van der Waals surface area contributed by atoms with Gasteiger partial charge < -0.3 is 4.74 Å². The van der Waals surface area contributed by atoms with Gasteiger partial charge in [-0.05, 0) is 42.4 Å². The quantitative estimate of drug-likeness (QED) is 0.559. The normalized spacial score (nSPS) is 40.4. The maximum Gasteiger partial charge on any atom is 0.0498 e. The second kappa shape index (κ2) is 3.27. The van der Waals surface area contributed by atoms with Crippen molar-refractivity contribution in [1.29, 1.82) is 0 Å². The number of hydrogen-bond acceptors (Lipinski definition) is 1. The maximum absolute atomic E-state index is 5.55. The Morgan fingerprint density at radius 3 is 2.38 bits per heavy atom. The highest BCUT2D eigenvalue weighted by Crippen LogP contribution is 2.44. The van der Waals surface area contributed by atoms with Crippen LogP contribution in [0.2, 0.25) is 0 Å². The summed E-state index contributed by atoms with van der Waals surface area (Å²) in [4.78, 5) is 0. The second-order valence-electron chi connectivity index (χ2n) is 5.93. The van der Waals surface area contributed by atoms with Crippen LogP contribution in [0.4, 0.5) is 0 Å². The van der Waals surface area contributed by atoms with E-state index in [0.717, 1.165) is 31.0 Å². The largest absolute Gasteiger partial charge is 0.381 e. The summed E-state index contributed by atoms with van der Waals surface area (Å²) >= 11 is 0. The number of rotatable bonds is 0. The molecule has 0 amide bonds. The van der Waals surface area contributed by atoms with Crippen LogP contribution >= 0.6 is 0 Å². The lowest BCUT2D eigenvalue weighted by Crippen LogP contribution is -2.31. The smallest absolute Gasteiger partial charge is 0.0498 e. The number of ether oxygens (including phenoxy) is 1. The van der Waals surface area contributed by atoms with Gasteiger partial charge in [0, 0.05) is 13.2 Å². The molecule has 2 aliphatic rings. The zero-order valence-electron chi connectivity index (χ0n) is 9.18. The molecule has 0 spiro atoms. The summed E-state index contributed by atoms with van der Waals surface area (Å²) in [6, 6.07) is 0. The van der Waals surface area contributed by atoms with Crippen molar-refractivity contribution in [2.24, 2.45) is 23.2 Å². The predicted molar refractivity (Wildman–Crippen MR) is 54.6 cm³/mol. The molecule has 1 heterocycles. The van der Waals surface area contributed by atoms with Gasteiger partial charge in [-0.1, -0.05) is 20.8 Å². The Balaban J connectivity index is 1.97. The van der Waals surface area contributed by atoms with Crippen molar-refractivity contribution in [3.63, 3.8) is 0 Å². The summed E-state index contributed by atoms with van der Waals surface area (Å²) in [5, 5.41) is 0. The fourth-order valence-corrected chi connectivity index (χ4v) is 2.91. The first-order valence-electron chi connectivity index (χ1n) is 5.65. The fraction of sp³-hybridized carbons (Fsp3) is 1.00. The molecule has 1 unspecified atom stereocenters. The molecule has 3 atom stereocenters. The summed E-state index contributed by atoms with van der Waals surface area (Å²) in [6.45, 7) is 9.23. The van der Waals surface area contributed by atoms with Crippen molar-refractivity contribution >= 4 is 0 Å². The van der Waals surface area contributed by atoms with E-state index in [-0.39, 0.29) is 0 Å². The van der Waals surface area contributed by atoms with Crippen molar-refractivity contribution in [1.82, 2.24) is 0 Å². The van der Waals surface area contributed by atoms with Gasteiger partial charge in [-0.3, -0.25) is 0 Å². The molecule has 2 rings (SSSR count). The van der Waals surface area contributed by atoms with Gasteiger partial charge in [0.25, 0.3) is 0 Å². The molecule has 0 aromatic carbocycles. The van der Waals surface area contributed by atoms with Crippen molar-refractivity contribution in [3.8, 4) is 0 Å². The van der Waals surface area contributed by atoms with Gasteiger partial charge in [-0.15, -0.1) is 0 Å². The minimum absolute atomic E-state index is 0.508. The van der Waals surface area contributed by atoms with Crippen LogP contribution in [0.3, 0.4) is 0 Å². The van der Waals surface area contributed by atoms with Crippen LogP contribution in [0.5, 0.6) is 0 Å². The van der Waals surface area contributed by atoms with Crippen molar-refractivity contribution in [2.75, 3.05) is 13.2 Å². The van der Waals surface area contributed by atoms with Crippen molar-refractivity contribution in [3.05, 3.63) is 0 Å². The summed E-state index contributed by atoms with van der Waals surface area (Å²) in [6.07, 6.45) is 4.24. The van der Waals surface area contributed by atoms with Gasteiger partial charge in [0.2, 0.25) is 0 Å². The molecule has 1 aliphatic carbocycles. The molecule has 0 radical (unpaired) electrons. The van der Waals surface area contributed by atoms with Crippen molar-refractivity contribution < 1.29 is 4.74 Å². The van der Waals surface area contributed by atoms with Crippen LogP contribution in [0.15, 0.2) is 0 Å². The highest BCUT2D eigenvalue weighted by molar-refractivity contribution is 4.87. The molecule has 2 fully saturated rings. The lowest BCUT2D eigenvalue weighted by Gasteiger charge is -2.38. The fourth-order valence-electron chi connectivity index (χ4n) is 2.91. The molecule has 0 N–H and O–H groups in total. The van der Waals surface area contributed by atoms with E-state index in [2.05, 4.69) is 20.8 Å². The monoisotopic (exact) mass is 182 g/mol. The summed E-state index contributed by atoms with van der Waals surface area (Å²) < 4.78 is 5.55. The zero-order valence-corrected chi connectivity index (χ0v) is 9.18. The lowest BCUT2D eigenvalue weighted by molar-refractivity contribution is 0.121. The van der Waals surface area contributed by atoms with Gasteiger partial charge in [-0.25, -0.2) is 0 Å². The van der Waals surface area contributed by atoms with Gasteiger partial charge in [0.1, 0.15) is 0 Å². The molecule has 1 aliphatic heterocycles. The Morgan fingerprint density at radius 2 is 1.69 bits per heavy atom. The third-order valence-corrected chi connectivity index (χ3v) is 4.03. The molecule has 1 nitrogen and oxygen atoms in total. The molecule has 76 valence electrons. The molecule has 1 saturated heterocycles.